The van der Waals surface area contributed by atoms with E-state index in [-0.39, 0.29) is 6.71 Å². The molecule has 0 aromatic heterocycles. The summed E-state index contributed by atoms with van der Waals surface area (Å²) < 4.78 is 0. The van der Waals surface area contributed by atoms with Crippen LogP contribution in [0.3, 0.4) is 0 Å². The van der Waals surface area contributed by atoms with Crippen LogP contribution in [-0.2, 0) is 0 Å². The van der Waals surface area contributed by atoms with Gasteiger partial charge in [-0.25, -0.2) is 0 Å². The Morgan fingerprint density at radius 3 is 2.00 bits per heavy atom. The Morgan fingerprint density at radius 1 is 0.425 bits per heavy atom. The Hall–Kier alpha value is -5.08. The summed E-state index contributed by atoms with van der Waals surface area (Å²) in [6, 6.07) is 49.9. The Labute approximate surface area is 232 Å². The zero-order valence-electron chi connectivity index (χ0n) is 21.7. The molecule has 8 aromatic carbocycles. The van der Waals surface area contributed by atoms with E-state index in [0.717, 1.165) is 0 Å². The van der Waals surface area contributed by atoms with Crippen LogP contribution >= 0.6 is 0 Å². The summed E-state index contributed by atoms with van der Waals surface area (Å²) in [4.78, 5) is 2.55. The van der Waals surface area contributed by atoms with E-state index in [1.54, 1.807) is 0 Å². The molecule has 2 heterocycles. The fraction of sp³-hybridized carbons (Fsp3) is 0. The third-order valence-electron chi connectivity index (χ3n) is 9.37. The average molecular weight is 503 g/mol. The molecule has 1 nitrogen and oxygen atoms in total. The van der Waals surface area contributed by atoms with Gasteiger partial charge in [0.25, 0.3) is 0 Å². The van der Waals surface area contributed by atoms with Crippen molar-refractivity contribution in [3.63, 3.8) is 0 Å². The van der Waals surface area contributed by atoms with Crippen LogP contribution in [0.25, 0.3) is 54.2 Å². The van der Waals surface area contributed by atoms with E-state index in [4.69, 9.17) is 0 Å². The molecule has 0 N–H and O–H groups in total. The minimum Gasteiger partial charge on any atom is -0.311 e. The second-order valence-electron chi connectivity index (χ2n) is 11.3. The number of para-hydroxylation sites is 1. The predicted molar refractivity (Wildman–Crippen MR) is 172 cm³/mol. The normalized spacial score (nSPS) is 13.4. The first-order valence-electron chi connectivity index (χ1n) is 14.1. The molecule has 0 radical (unpaired) electrons. The van der Waals surface area contributed by atoms with E-state index in [9.17, 15) is 0 Å². The molecule has 0 saturated heterocycles. The Kier molecular flexibility index (Phi) is 3.81. The van der Waals surface area contributed by atoms with Crippen LogP contribution in [0.15, 0.2) is 133 Å². The maximum Gasteiger partial charge on any atom is 0.248 e. The van der Waals surface area contributed by atoms with Crippen LogP contribution in [-0.4, -0.2) is 6.71 Å². The highest BCUT2D eigenvalue weighted by Crippen LogP contribution is 2.47. The molecule has 2 aliphatic heterocycles. The molecule has 10 rings (SSSR count). The SMILES string of the molecule is c1ccc2c(c1)B1c3ccccc3N(c3ccc4ccc5cccc6ccc3c4c56)c3cc4ccccc4c-2c31. The minimum absolute atomic E-state index is 0.234. The molecule has 0 saturated carbocycles. The highest BCUT2D eigenvalue weighted by molar-refractivity contribution is 7.01. The first-order chi connectivity index (χ1) is 19.9. The molecule has 40 heavy (non-hydrogen) atoms. The van der Waals surface area contributed by atoms with Gasteiger partial charge in [-0.2, -0.15) is 0 Å². The number of rotatable bonds is 1. The topological polar surface area (TPSA) is 3.24 Å². The van der Waals surface area contributed by atoms with E-state index in [0.29, 0.717) is 0 Å². The van der Waals surface area contributed by atoms with Gasteiger partial charge in [-0.3, -0.25) is 0 Å². The molecule has 8 aromatic rings. The number of fused-ring (bicyclic) bond motifs is 7. The van der Waals surface area contributed by atoms with E-state index in [1.807, 2.05) is 0 Å². The van der Waals surface area contributed by atoms with Crippen molar-refractivity contribution < 1.29 is 0 Å². The molecule has 0 bridgehead atoms. The lowest BCUT2D eigenvalue weighted by atomic mass is 9.37. The van der Waals surface area contributed by atoms with Gasteiger partial charge in [0.15, 0.2) is 0 Å². The minimum atomic E-state index is 0.234. The van der Waals surface area contributed by atoms with Gasteiger partial charge in [-0.05, 0) is 78.0 Å². The number of hydrogen-bond donors (Lipinski definition) is 0. The average Bonchev–Trinajstić information content (AvgIpc) is 3.37. The molecule has 0 atom stereocenters. The number of hydrogen-bond acceptors (Lipinski definition) is 1. The van der Waals surface area contributed by atoms with E-state index in [1.165, 1.54) is 87.7 Å². The maximum atomic E-state index is 2.55. The molecule has 182 valence electrons. The van der Waals surface area contributed by atoms with E-state index < -0.39 is 0 Å². The molecule has 0 spiro atoms. The zero-order valence-corrected chi connectivity index (χ0v) is 21.7. The number of nitrogens with zero attached hydrogens (tertiary/aromatic N) is 1. The monoisotopic (exact) mass is 503 g/mol. The van der Waals surface area contributed by atoms with Crippen molar-refractivity contribution in [1.29, 1.82) is 0 Å². The summed E-state index contributed by atoms with van der Waals surface area (Å²) in [6.07, 6.45) is 0. The summed E-state index contributed by atoms with van der Waals surface area (Å²) in [5.74, 6) is 0. The molecular formula is C38H22BN. The van der Waals surface area contributed by atoms with Crippen LogP contribution in [0.4, 0.5) is 17.1 Å². The van der Waals surface area contributed by atoms with Gasteiger partial charge in [0, 0.05) is 16.8 Å². The summed E-state index contributed by atoms with van der Waals surface area (Å²) in [7, 11) is 0. The molecule has 0 fully saturated rings. The molecule has 2 heteroatoms. The van der Waals surface area contributed by atoms with Gasteiger partial charge < -0.3 is 4.90 Å². The highest BCUT2D eigenvalue weighted by Gasteiger charge is 2.43. The van der Waals surface area contributed by atoms with Crippen LogP contribution in [0.1, 0.15) is 0 Å². The first-order valence-corrected chi connectivity index (χ1v) is 14.1. The summed E-state index contributed by atoms with van der Waals surface area (Å²) in [6.45, 7) is 0.234. The van der Waals surface area contributed by atoms with Crippen molar-refractivity contribution in [2.24, 2.45) is 0 Å². The van der Waals surface area contributed by atoms with Crippen LogP contribution in [0.5, 0.6) is 0 Å². The number of anilines is 3. The van der Waals surface area contributed by atoms with Crippen molar-refractivity contribution in [3.8, 4) is 11.1 Å². The van der Waals surface area contributed by atoms with E-state index >= 15 is 0 Å². The lowest BCUT2D eigenvalue weighted by molar-refractivity contribution is 1.32. The maximum absolute atomic E-state index is 2.55. The number of benzene rings is 8. The van der Waals surface area contributed by atoms with Crippen LogP contribution in [0, 0.1) is 0 Å². The third-order valence-corrected chi connectivity index (χ3v) is 9.37. The van der Waals surface area contributed by atoms with Gasteiger partial charge in [0.05, 0.1) is 5.69 Å². The Balaban J connectivity index is 1.38. The Bertz CT molecular complexity index is 2330. The van der Waals surface area contributed by atoms with Gasteiger partial charge >= 0.3 is 0 Å². The van der Waals surface area contributed by atoms with Gasteiger partial charge in [-0.1, -0.05) is 121 Å². The Morgan fingerprint density at radius 2 is 1.10 bits per heavy atom. The van der Waals surface area contributed by atoms with Gasteiger partial charge in [-0.15, -0.1) is 0 Å². The molecule has 0 amide bonds. The predicted octanol–water partition coefficient (Wildman–Crippen LogP) is 8.02. The molecular weight excluding hydrogens is 481 g/mol. The zero-order chi connectivity index (χ0) is 25.9. The summed E-state index contributed by atoms with van der Waals surface area (Å²) >= 11 is 0. The van der Waals surface area contributed by atoms with Gasteiger partial charge in [0.2, 0.25) is 6.71 Å². The van der Waals surface area contributed by atoms with Crippen LogP contribution < -0.4 is 21.3 Å². The molecule has 0 aliphatic carbocycles. The van der Waals surface area contributed by atoms with Crippen molar-refractivity contribution in [1.82, 2.24) is 0 Å². The summed E-state index contributed by atoms with van der Waals surface area (Å²) in [5, 5.41) is 10.5. The third kappa shape index (κ3) is 2.45. The quantitative estimate of drug-likeness (QED) is 0.162. The smallest absolute Gasteiger partial charge is 0.248 e. The fourth-order valence-corrected chi connectivity index (χ4v) is 7.81. The molecule has 0 unspecified atom stereocenters. The summed E-state index contributed by atoms with van der Waals surface area (Å²) in [5.41, 5.74) is 10.8. The largest absolute Gasteiger partial charge is 0.311 e. The standard InChI is InChI=1S/C38H22BN/c1-2-11-27-26(8-1)22-34-38-37(27)28-12-3-4-13-30(28)39(38)31-14-5-6-15-33(31)40(34)32-21-19-25-17-16-23-9-7-10-24-18-20-29(32)36(25)35(23)24/h1-22H. The second kappa shape index (κ2) is 7.31. The van der Waals surface area contributed by atoms with E-state index in [2.05, 4.69) is 138 Å². The van der Waals surface area contributed by atoms with Gasteiger partial charge in [0.1, 0.15) is 0 Å². The van der Waals surface area contributed by atoms with Crippen molar-refractivity contribution in [3.05, 3.63) is 133 Å². The fourth-order valence-electron chi connectivity index (χ4n) is 7.81. The second-order valence-corrected chi connectivity index (χ2v) is 11.3. The van der Waals surface area contributed by atoms with Crippen molar-refractivity contribution >= 4 is 83.3 Å². The molecule has 2 aliphatic rings. The van der Waals surface area contributed by atoms with Crippen molar-refractivity contribution in [2.75, 3.05) is 4.90 Å². The lowest BCUT2D eigenvalue weighted by Gasteiger charge is -2.37. The highest BCUT2D eigenvalue weighted by atomic mass is 15.2. The first kappa shape index (κ1) is 20.8. The van der Waals surface area contributed by atoms with Crippen molar-refractivity contribution in [2.45, 2.75) is 0 Å². The lowest BCUT2D eigenvalue weighted by Crippen LogP contribution is -2.54. The van der Waals surface area contributed by atoms with Crippen LogP contribution in [0.2, 0.25) is 0 Å².